The second-order valence-electron chi connectivity index (χ2n) is 5.60. The van der Waals surface area contributed by atoms with Gasteiger partial charge in [0.2, 0.25) is 0 Å². The maximum Gasteiger partial charge on any atom is 0.151 e. The fraction of sp³-hybridized carbons (Fsp3) is 0.529. The molecule has 0 saturated heterocycles. The van der Waals surface area contributed by atoms with Gasteiger partial charge in [-0.2, -0.15) is 5.10 Å². The Balaban J connectivity index is 1.86. The third kappa shape index (κ3) is 5.54. The summed E-state index contributed by atoms with van der Waals surface area (Å²) in [5.41, 5.74) is 1.31. The fourth-order valence-corrected chi connectivity index (χ4v) is 2.80. The van der Waals surface area contributed by atoms with Crippen LogP contribution in [0, 0.1) is 0 Å². The van der Waals surface area contributed by atoms with Gasteiger partial charge >= 0.3 is 0 Å². The smallest absolute Gasteiger partial charge is 0.151 e. The second kappa shape index (κ2) is 9.06. The number of rotatable bonds is 9. The Morgan fingerprint density at radius 2 is 1.73 bits per heavy atom. The first-order chi connectivity index (χ1) is 10.7. The number of H-pyrrole nitrogens is 1. The summed E-state index contributed by atoms with van der Waals surface area (Å²) in [6.45, 7) is 7.53. The van der Waals surface area contributed by atoms with Crippen LogP contribution in [-0.2, 0) is 19.4 Å². The number of aromatic amines is 1. The van der Waals surface area contributed by atoms with E-state index in [9.17, 15) is 0 Å². The molecule has 120 valence electrons. The van der Waals surface area contributed by atoms with E-state index in [4.69, 9.17) is 0 Å². The molecule has 0 fully saturated rings. The predicted molar refractivity (Wildman–Crippen MR) is 93.8 cm³/mol. The summed E-state index contributed by atoms with van der Waals surface area (Å²) in [4.78, 5) is 7.06. The molecular formula is C17H25BrN4. The van der Waals surface area contributed by atoms with Crippen molar-refractivity contribution >= 4 is 15.9 Å². The monoisotopic (exact) mass is 364 g/mol. The van der Waals surface area contributed by atoms with Gasteiger partial charge in [0.15, 0.2) is 5.82 Å². The highest BCUT2D eigenvalue weighted by atomic mass is 79.9. The lowest BCUT2D eigenvalue weighted by Crippen LogP contribution is -2.25. The standard InChI is InChI=1S/C17H25BrN4/c1-3-11-22(12-4-2)13-17-19-16(20-21-17)10-7-14-5-8-15(18)9-6-14/h5-6,8-9H,3-4,7,10-13H2,1-2H3,(H,19,20,21). The Morgan fingerprint density at radius 1 is 1.05 bits per heavy atom. The molecule has 1 aromatic carbocycles. The van der Waals surface area contributed by atoms with Crippen molar-refractivity contribution in [1.29, 1.82) is 0 Å². The molecule has 4 nitrogen and oxygen atoms in total. The summed E-state index contributed by atoms with van der Waals surface area (Å²) < 4.78 is 1.11. The van der Waals surface area contributed by atoms with E-state index in [1.807, 2.05) is 0 Å². The molecule has 0 spiro atoms. The Morgan fingerprint density at radius 3 is 2.36 bits per heavy atom. The van der Waals surface area contributed by atoms with Crippen LogP contribution >= 0.6 is 15.9 Å². The lowest BCUT2D eigenvalue weighted by atomic mass is 10.1. The zero-order valence-corrected chi connectivity index (χ0v) is 15.1. The third-order valence-electron chi connectivity index (χ3n) is 3.58. The van der Waals surface area contributed by atoms with Gasteiger partial charge in [0.25, 0.3) is 0 Å². The number of nitrogens with zero attached hydrogens (tertiary/aromatic N) is 3. The normalized spacial score (nSPS) is 11.3. The van der Waals surface area contributed by atoms with E-state index in [-0.39, 0.29) is 0 Å². The van der Waals surface area contributed by atoms with Crippen molar-refractivity contribution in [3.8, 4) is 0 Å². The summed E-state index contributed by atoms with van der Waals surface area (Å²) in [6, 6.07) is 8.43. The van der Waals surface area contributed by atoms with Crippen molar-refractivity contribution in [3.63, 3.8) is 0 Å². The second-order valence-corrected chi connectivity index (χ2v) is 6.52. The molecule has 2 aromatic rings. The Kier molecular flexibility index (Phi) is 7.06. The number of nitrogens with one attached hydrogen (secondary N) is 1. The molecule has 0 amide bonds. The van der Waals surface area contributed by atoms with Crippen LogP contribution in [0.2, 0.25) is 0 Å². The number of benzene rings is 1. The number of hydrogen-bond donors (Lipinski definition) is 1. The van der Waals surface area contributed by atoms with Crippen molar-refractivity contribution in [3.05, 3.63) is 46.0 Å². The van der Waals surface area contributed by atoms with Crippen LogP contribution in [0.15, 0.2) is 28.7 Å². The summed E-state index contributed by atoms with van der Waals surface area (Å²) in [6.07, 6.45) is 4.19. The van der Waals surface area contributed by atoms with Crippen LogP contribution in [-0.4, -0.2) is 33.2 Å². The quantitative estimate of drug-likeness (QED) is 0.731. The van der Waals surface area contributed by atoms with Crippen LogP contribution in [0.5, 0.6) is 0 Å². The van der Waals surface area contributed by atoms with Gasteiger partial charge in [0.05, 0.1) is 6.54 Å². The molecule has 0 atom stereocenters. The molecule has 0 aliphatic carbocycles. The summed E-state index contributed by atoms with van der Waals surface area (Å²) >= 11 is 3.46. The van der Waals surface area contributed by atoms with Gasteiger partial charge < -0.3 is 0 Å². The number of aromatic nitrogens is 3. The minimum absolute atomic E-state index is 0.868. The highest BCUT2D eigenvalue weighted by Gasteiger charge is 2.08. The zero-order chi connectivity index (χ0) is 15.8. The molecule has 1 N–H and O–H groups in total. The molecule has 0 aliphatic rings. The molecule has 0 unspecified atom stereocenters. The van der Waals surface area contributed by atoms with E-state index in [0.717, 1.165) is 48.6 Å². The maximum absolute atomic E-state index is 4.63. The zero-order valence-electron chi connectivity index (χ0n) is 13.5. The van der Waals surface area contributed by atoms with Gasteiger partial charge in [0, 0.05) is 10.9 Å². The molecule has 0 radical (unpaired) electrons. The van der Waals surface area contributed by atoms with Crippen molar-refractivity contribution in [2.45, 2.75) is 46.1 Å². The molecule has 0 aliphatic heterocycles. The Hall–Kier alpha value is -1.20. The number of halogens is 1. The van der Waals surface area contributed by atoms with Crippen molar-refractivity contribution in [2.24, 2.45) is 0 Å². The minimum Gasteiger partial charge on any atom is -0.296 e. The van der Waals surface area contributed by atoms with Gasteiger partial charge in [0.1, 0.15) is 5.82 Å². The van der Waals surface area contributed by atoms with E-state index < -0.39 is 0 Å². The first kappa shape index (κ1) is 17.2. The van der Waals surface area contributed by atoms with E-state index in [2.05, 4.69) is 74.1 Å². The average Bonchev–Trinajstić information content (AvgIpc) is 2.95. The van der Waals surface area contributed by atoms with Crippen molar-refractivity contribution in [1.82, 2.24) is 20.1 Å². The number of aryl methyl sites for hydroxylation is 2. The first-order valence-electron chi connectivity index (χ1n) is 8.08. The summed E-state index contributed by atoms with van der Waals surface area (Å²) in [7, 11) is 0. The lowest BCUT2D eigenvalue weighted by molar-refractivity contribution is 0.260. The van der Waals surface area contributed by atoms with Crippen molar-refractivity contribution < 1.29 is 0 Å². The number of hydrogen-bond acceptors (Lipinski definition) is 3. The van der Waals surface area contributed by atoms with Gasteiger partial charge in [-0.1, -0.05) is 41.9 Å². The van der Waals surface area contributed by atoms with Gasteiger partial charge in [-0.15, -0.1) is 0 Å². The topological polar surface area (TPSA) is 44.8 Å². The molecule has 2 rings (SSSR count). The molecule has 5 heteroatoms. The third-order valence-corrected chi connectivity index (χ3v) is 4.11. The van der Waals surface area contributed by atoms with Gasteiger partial charge in [-0.05, 0) is 50.0 Å². The summed E-state index contributed by atoms with van der Waals surface area (Å²) in [5.74, 6) is 1.89. The average molecular weight is 365 g/mol. The molecule has 1 aromatic heterocycles. The van der Waals surface area contributed by atoms with Crippen LogP contribution < -0.4 is 0 Å². The van der Waals surface area contributed by atoms with Gasteiger partial charge in [-0.25, -0.2) is 4.98 Å². The molecule has 0 bridgehead atoms. The largest absolute Gasteiger partial charge is 0.296 e. The molecular weight excluding hydrogens is 340 g/mol. The Labute approximate surface area is 141 Å². The first-order valence-corrected chi connectivity index (χ1v) is 8.87. The van der Waals surface area contributed by atoms with E-state index in [0.29, 0.717) is 0 Å². The van der Waals surface area contributed by atoms with E-state index in [1.165, 1.54) is 18.4 Å². The van der Waals surface area contributed by atoms with Crippen LogP contribution in [0.3, 0.4) is 0 Å². The van der Waals surface area contributed by atoms with E-state index >= 15 is 0 Å². The van der Waals surface area contributed by atoms with E-state index in [1.54, 1.807) is 0 Å². The fourth-order valence-electron chi connectivity index (χ4n) is 2.54. The highest BCUT2D eigenvalue weighted by molar-refractivity contribution is 9.10. The molecule has 1 heterocycles. The highest BCUT2D eigenvalue weighted by Crippen LogP contribution is 2.12. The Bertz CT molecular complexity index is 544. The minimum atomic E-state index is 0.868. The van der Waals surface area contributed by atoms with Crippen LogP contribution in [0.4, 0.5) is 0 Å². The lowest BCUT2D eigenvalue weighted by Gasteiger charge is -2.18. The maximum atomic E-state index is 4.63. The van der Waals surface area contributed by atoms with Crippen LogP contribution in [0.1, 0.15) is 43.9 Å². The van der Waals surface area contributed by atoms with Gasteiger partial charge in [-0.3, -0.25) is 10.00 Å². The van der Waals surface area contributed by atoms with Crippen LogP contribution in [0.25, 0.3) is 0 Å². The SMILES string of the molecule is CCCN(CCC)Cc1nc(CCc2ccc(Br)cc2)n[nH]1. The van der Waals surface area contributed by atoms with Crippen molar-refractivity contribution in [2.75, 3.05) is 13.1 Å². The summed E-state index contributed by atoms with van der Waals surface area (Å²) in [5, 5.41) is 7.44. The predicted octanol–water partition coefficient (Wildman–Crippen LogP) is 3.97. The molecule has 22 heavy (non-hydrogen) atoms. The molecule has 0 saturated carbocycles.